The Morgan fingerprint density at radius 2 is 1.71 bits per heavy atom. The summed E-state index contributed by atoms with van der Waals surface area (Å²) in [5, 5.41) is 21.9. The van der Waals surface area contributed by atoms with E-state index in [4.69, 9.17) is 0 Å². The number of para-hydroxylation sites is 2. The first-order chi connectivity index (χ1) is 10.2. The van der Waals surface area contributed by atoms with E-state index in [9.17, 15) is 10.1 Å². The summed E-state index contributed by atoms with van der Waals surface area (Å²) in [5.74, 6) is 0.340. The molecule has 3 rings (SSSR count). The molecule has 21 heavy (non-hydrogen) atoms. The van der Waals surface area contributed by atoms with Gasteiger partial charge in [-0.15, -0.1) is 10.2 Å². The third-order valence-corrected chi connectivity index (χ3v) is 2.99. The lowest BCUT2D eigenvalue weighted by atomic mass is 10.2. The molecule has 104 valence electrons. The monoisotopic (exact) mass is 281 g/mol. The van der Waals surface area contributed by atoms with E-state index in [1.165, 1.54) is 6.07 Å². The van der Waals surface area contributed by atoms with Crippen molar-refractivity contribution in [3.8, 4) is 0 Å². The SMILES string of the molecule is O=[N+]([O-])c1ccccc1CNc1nnc2ccccc2n1. The summed E-state index contributed by atoms with van der Waals surface area (Å²) in [5.41, 5.74) is 2.06. The Hall–Kier alpha value is -3.09. The van der Waals surface area contributed by atoms with E-state index in [0.29, 0.717) is 17.0 Å². The Balaban J connectivity index is 1.82. The zero-order valence-electron chi connectivity index (χ0n) is 10.9. The quantitative estimate of drug-likeness (QED) is 0.583. The van der Waals surface area contributed by atoms with Crippen LogP contribution in [0.25, 0.3) is 11.0 Å². The van der Waals surface area contributed by atoms with Crippen LogP contribution in [0.3, 0.4) is 0 Å². The van der Waals surface area contributed by atoms with Crippen LogP contribution in [0.5, 0.6) is 0 Å². The number of aromatic nitrogens is 3. The van der Waals surface area contributed by atoms with Crippen molar-refractivity contribution in [3.63, 3.8) is 0 Å². The molecule has 0 unspecified atom stereocenters. The molecular formula is C14H11N5O2. The predicted octanol–water partition coefficient (Wildman–Crippen LogP) is 2.55. The Labute approximate surface area is 119 Å². The first-order valence-electron chi connectivity index (χ1n) is 6.29. The fourth-order valence-electron chi connectivity index (χ4n) is 1.97. The second kappa shape index (κ2) is 5.49. The Kier molecular flexibility index (Phi) is 3.38. The van der Waals surface area contributed by atoms with Gasteiger partial charge in [0.1, 0.15) is 5.52 Å². The number of hydrogen-bond donors (Lipinski definition) is 1. The summed E-state index contributed by atoms with van der Waals surface area (Å²) in [7, 11) is 0. The van der Waals surface area contributed by atoms with E-state index in [0.717, 1.165) is 5.52 Å². The van der Waals surface area contributed by atoms with Crippen LogP contribution in [0.15, 0.2) is 48.5 Å². The maximum Gasteiger partial charge on any atom is 0.274 e. The van der Waals surface area contributed by atoms with E-state index in [1.54, 1.807) is 18.2 Å². The molecule has 0 atom stereocenters. The molecule has 0 saturated carbocycles. The van der Waals surface area contributed by atoms with E-state index in [2.05, 4.69) is 20.5 Å². The molecule has 0 spiro atoms. The van der Waals surface area contributed by atoms with Crippen molar-refractivity contribution < 1.29 is 4.92 Å². The minimum Gasteiger partial charge on any atom is -0.349 e. The molecule has 1 N–H and O–H groups in total. The van der Waals surface area contributed by atoms with Crippen LogP contribution in [0, 0.1) is 10.1 Å². The van der Waals surface area contributed by atoms with E-state index in [1.807, 2.05) is 24.3 Å². The minimum absolute atomic E-state index is 0.0683. The Bertz CT molecular complexity index is 806. The van der Waals surface area contributed by atoms with E-state index in [-0.39, 0.29) is 12.2 Å². The molecular weight excluding hydrogens is 270 g/mol. The largest absolute Gasteiger partial charge is 0.349 e. The van der Waals surface area contributed by atoms with Gasteiger partial charge in [-0.3, -0.25) is 10.1 Å². The van der Waals surface area contributed by atoms with Crippen molar-refractivity contribution in [1.82, 2.24) is 15.2 Å². The lowest BCUT2D eigenvalue weighted by Gasteiger charge is -2.05. The van der Waals surface area contributed by atoms with Gasteiger partial charge in [0.05, 0.1) is 10.4 Å². The molecule has 1 aromatic heterocycles. The van der Waals surface area contributed by atoms with Crippen LogP contribution in [-0.2, 0) is 6.54 Å². The summed E-state index contributed by atoms with van der Waals surface area (Å²) in [6.45, 7) is 0.261. The van der Waals surface area contributed by atoms with Crippen LogP contribution >= 0.6 is 0 Å². The summed E-state index contributed by atoms with van der Waals surface area (Å²) in [6, 6.07) is 13.9. The number of nitrogens with one attached hydrogen (secondary N) is 1. The summed E-state index contributed by atoms with van der Waals surface area (Å²) >= 11 is 0. The number of hydrogen-bond acceptors (Lipinski definition) is 6. The minimum atomic E-state index is -0.406. The number of benzene rings is 2. The summed E-state index contributed by atoms with van der Waals surface area (Å²) in [4.78, 5) is 14.8. The normalized spacial score (nSPS) is 10.5. The van der Waals surface area contributed by atoms with Crippen LogP contribution in [0.2, 0.25) is 0 Å². The van der Waals surface area contributed by atoms with Gasteiger partial charge in [0.25, 0.3) is 5.69 Å². The first-order valence-corrected chi connectivity index (χ1v) is 6.29. The average molecular weight is 281 g/mol. The van der Waals surface area contributed by atoms with Crippen LogP contribution in [0.4, 0.5) is 11.6 Å². The molecule has 0 saturated heterocycles. The van der Waals surface area contributed by atoms with Gasteiger partial charge in [-0.2, -0.15) is 0 Å². The highest BCUT2D eigenvalue weighted by Crippen LogP contribution is 2.18. The average Bonchev–Trinajstić information content (AvgIpc) is 2.53. The molecule has 0 aliphatic heterocycles. The Morgan fingerprint density at radius 3 is 2.52 bits per heavy atom. The van der Waals surface area contributed by atoms with Crippen LogP contribution < -0.4 is 5.32 Å². The number of fused-ring (bicyclic) bond motifs is 1. The lowest BCUT2D eigenvalue weighted by molar-refractivity contribution is -0.385. The van der Waals surface area contributed by atoms with Gasteiger partial charge in [-0.25, -0.2) is 4.98 Å². The number of anilines is 1. The van der Waals surface area contributed by atoms with Crippen molar-refractivity contribution in [2.24, 2.45) is 0 Å². The molecule has 0 aliphatic rings. The van der Waals surface area contributed by atoms with E-state index >= 15 is 0 Å². The van der Waals surface area contributed by atoms with Crippen molar-refractivity contribution >= 4 is 22.7 Å². The van der Waals surface area contributed by atoms with Crippen molar-refractivity contribution in [2.75, 3.05) is 5.32 Å². The molecule has 0 fully saturated rings. The van der Waals surface area contributed by atoms with Crippen molar-refractivity contribution in [1.29, 1.82) is 0 Å². The van der Waals surface area contributed by atoms with Gasteiger partial charge in [0.2, 0.25) is 5.95 Å². The Morgan fingerprint density at radius 1 is 1.00 bits per heavy atom. The molecule has 0 bridgehead atoms. The number of nitro groups is 1. The maximum atomic E-state index is 10.9. The fourth-order valence-corrected chi connectivity index (χ4v) is 1.97. The molecule has 7 heteroatoms. The van der Waals surface area contributed by atoms with E-state index < -0.39 is 4.92 Å². The summed E-state index contributed by atoms with van der Waals surface area (Å²) < 4.78 is 0. The molecule has 0 amide bonds. The molecule has 7 nitrogen and oxygen atoms in total. The second-order valence-electron chi connectivity index (χ2n) is 4.36. The zero-order chi connectivity index (χ0) is 14.7. The van der Waals surface area contributed by atoms with Crippen LogP contribution in [-0.4, -0.2) is 20.1 Å². The molecule has 3 aromatic rings. The molecule has 2 aromatic carbocycles. The summed E-state index contributed by atoms with van der Waals surface area (Å²) in [6.07, 6.45) is 0. The molecule has 1 heterocycles. The maximum absolute atomic E-state index is 10.9. The second-order valence-corrected chi connectivity index (χ2v) is 4.36. The molecule has 0 radical (unpaired) electrons. The van der Waals surface area contributed by atoms with Gasteiger partial charge in [-0.1, -0.05) is 30.3 Å². The van der Waals surface area contributed by atoms with Gasteiger partial charge in [0, 0.05) is 18.2 Å². The third-order valence-electron chi connectivity index (χ3n) is 2.99. The van der Waals surface area contributed by atoms with Gasteiger partial charge in [-0.05, 0) is 12.1 Å². The zero-order valence-corrected chi connectivity index (χ0v) is 10.9. The highest BCUT2D eigenvalue weighted by atomic mass is 16.6. The fraction of sp³-hybridized carbons (Fsp3) is 0.0714. The highest BCUT2D eigenvalue weighted by Gasteiger charge is 2.12. The smallest absolute Gasteiger partial charge is 0.274 e. The van der Waals surface area contributed by atoms with Crippen molar-refractivity contribution in [3.05, 3.63) is 64.2 Å². The topological polar surface area (TPSA) is 93.8 Å². The number of nitrogens with zero attached hydrogens (tertiary/aromatic N) is 4. The van der Waals surface area contributed by atoms with Gasteiger partial charge < -0.3 is 5.32 Å². The first kappa shape index (κ1) is 12.9. The molecule has 0 aliphatic carbocycles. The third kappa shape index (κ3) is 2.76. The van der Waals surface area contributed by atoms with Gasteiger partial charge in [0.15, 0.2) is 0 Å². The lowest BCUT2D eigenvalue weighted by Crippen LogP contribution is -2.06. The van der Waals surface area contributed by atoms with Crippen LogP contribution in [0.1, 0.15) is 5.56 Å². The van der Waals surface area contributed by atoms with Gasteiger partial charge >= 0.3 is 0 Å². The standard InChI is InChI=1S/C14H11N5O2/c20-19(21)13-8-4-1-5-10(13)9-15-14-16-11-6-2-3-7-12(11)17-18-14/h1-8H,9H2,(H,15,16,18). The van der Waals surface area contributed by atoms with Crippen molar-refractivity contribution in [2.45, 2.75) is 6.54 Å². The number of nitro benzene ring substituents is 1. The predicted molar refractivity (Wildman–Crippen MR) is 77.8 cm³/mol. The highest BCUT2D eigenvalue weighted by molar-refractivity contribution is 5.74. The number of rotatable bonds is 4.